The molecule has 0 aromatic carbocycles. The normalized spacial score (nSPS) is 10.3. The Kier molecular flexibility index (Phi) is 3.04. The zero-order chi connectivity index (χ0) is 11.5. The van der Waals surface area contributed by atoms with Crippen molar-refractivity contribution in [2.75, 3.05) is 0 Å². The van der Waals surface area contributed by atoms with Gasteiger partial charge in [0.1, 0.15) is 0 Å². The van der Waals surface area contributed by atoms with Crippen molar-refractivity contribution in [2.45, 2.75) is 26.2 Å². The van der Waals surface area contributed by atoms with Gasteiger partial charge in [-0.25, -0.2) is 0 Å². The molecule has 1 rings (SSSR count). The number of allylic oxidation sites excluding steroid dienone is 1. The van der Waals surface area contributed by atoms with Crippen LogP contribution >= 0.6 is 0 Å². The molecule has 0 N–H and O–H groups in total. The molecule has 0 unspecified atom stereocenters. The fraction of sp³-hybridized carbons (Fsp3) is 0.333. The summed E-state index contributed by atoms with van der Waals surface area (Å²) in [6.45, 7) is 6.35. The SMILES string of the molecule is CC(C)(C)c1cc[n+](C(=C=[N-])C#N)cc1. The third-order valence-electron chi connectivity index (χ3n) is 2.17. The second-order valence-corrected chi connectivity index (χ2v) is 4.32. The summed E-state index contributed by atoms with van der Waals surface area (Å²) >= 11 is 0. The third kappa shape index (κ3) is 2.52. The van der Waals surface area contributed by atoms with Crippen molar-refractivity contribution >= 4 is 11.6 Å². The molecule has 0 aliphatic heterocycles. The second-order valence-electron chi connectivity index (χ2n) is 4.32. The first-order valence-electron chi connectivity index (χ1n) is 4.68. The van der Waals surface area contributed by atoms with Crippen molar-refractivity contribution in [3.63, 3.8) is 0 Å². The molecule has 76 valence electrons. The van der Waals surface area contributed by atoms with E-state index in [1.54, 1.807) is 12.4 Å². The maximum absolute atomic E-state index is 8.68. The molecule has 1 aromatic heterocycles. The minimum Gasteiger partial charge on any atom is -0.757 e. The Balaban J connectivity index is 3.12. The molecule has 0 spiro atoms. The van der Waals surface area contributed by atoms with Gasteiger partial charge in [-0.2, -0.15) is 15.7 Å². The van der Waals surface area contributed by atoms with Crippen molar-refractivity contribution in [1.82, 2.24) is 0 Å². The van der Waals surface area contributed by atoms with Crippen LogP contribution in [0.5, 0.6) is 0 Å². The minimum absolute atomic E-state index is 0.0791. The summed E-state index contributed by atoms with van der Waals surface area (Å²) in [6.07, 6.45) is 3.48. The summed E-state index contributed by atoms with van der Waals surface area (Å²) in [6, 6.07) is 5.70. The van der Waals surface area contributed by atoms with E-state index in [1.165, 1.54) is 10.1 Å². The van der Waals surface area contributed by atoms with E-state index in [-0.39, 0.29) is 11.1 Å². The van der Waals surface area contributed by atoms with E-state index < -0.39 is 0 Å². The highest BCUT2D eigenvalue weighted by molar-refractivity contribution is 5.84. The van der Waals surface area contributed by atoms with E-state index in [4.69, 9.17) is 10.7 Å². The van der Waals surface area contributed by atoms with E-state index in [9.17, 15) is 0 Å². The Labute approximate surface area is 89.8 Å². The predicted octanol–water partition coefficient (Wildman–Crippen LogP) is 1.88. The average Bonchev–Trinajstić information content (AvgIpc) is 2.19. The number of pyridine rings is 1. The molecule has 3 heteroatoms. The predicted molar refractivity (Wildman–Crippen MR) is 59.0 cm³/mol. The summed E-state index contributed by atoms with van der Waals surface area (Å²) in [7, 11) is 0. The van der Waals surface area contributed by atoms with Crippen LogP contribution in [0.15, 0.2) is 24.5 Å². The number of rotatable bonds is 1. The van der Waals surface area contributed by atoms with Gasteiger partial charge in [-0.3, -0.25) is 0 Å². The van der Waals surface area contributed by atoms with Crippen molar-refractivity contribution in [2.24, 2.45) is 0 Å². The van der Waals surface area contributed by atoms with Crippen LogP contribution in [0.25, 0.3) is 11.1 Å². The van der Waals surface area contributed by atoms with Crippen molar-refractivity contribution in [3.8, 4) is 6.07 Å². The minimum atomic E-state index is 0.0791. The highest BCUT2D eigenvalue weighted by Gasteiger charge is 2.15. The van der Waals surface area contributed by atoms with Gasteiger partial charge >= 0.3 is 5.70 Å². The first kappa shape index (κ1) is 11.2. The Hall–Kier alpha value is -1.91. The van der Waals surface area contributed by atoms with E-state index in [0.29, 0.717) is 0 Å². The molecule has 0 saturated heterocycles. The molecule has 0 saturated carbocycles. The molecule has 0 atom stereocenters. The number of hydrogen-bond acceptors (Lipinski definition) is 1. The molecule has 1 heterocycles. The highest BCUT2D eigenvalue weighted by atomic mass is 14.9. The molecule has 15 heavy (non-hydrogen) atoms. The maximum Gasteiger partial charge on any atom is 0.309 e. The van der Waals surface area contributed by atoms with Crippen LogP contribution in [0.1, 0.15) is 26.3 Å². The van der Waals surface area contributed by atoms with Gasteiger partial charge in [0.25, 0.3) is 0 Å². The lowest BCUT2D eigenvalue weighted by atomic mass is 9.88. The van der Waals surface area contributed by atoms with Gasteiger partial charge in [-0.15, -0.1) is 0 Å². The lowest BCUT2D eigenvalue weighted by molar-refractivity contribution is -0.576. The third-order valence-corrected chi connectivity index (χ3v) is 2.17. The number of nitriles is 1. The fourth-order valence-corrected chi connectivity index (χ4v) is 1.22. The van der Waals surface area contributed by atoms with Gasteiger partial charge in [0.2, 0.25) is 0 Å². The Morgan fingerprint density at radius 3 is 2.20 bits per heavy atom. The molecule has 0 radical (unpaired) electrons. The first-order chi connectivity index (χ1) is 6.99. The van der Waals surface area contributed by atoms with Gasteiger partial charge in [-0.05, 0) is 11.0 Å². The number of nitrogens with zero attached hydrogens (tertiary/aromatic N) is 3. The monoisotopic (exact) mass is 199 g/mol. The van der Waals surface area contributed by atoms with E-state index in [1.807, 2.05) is 24.1 Å². The zero-order valence-electron chi connectivity index (χ0n) is 9.15. The van der Waals surface area contributed by atoms with Gasteiger partial charge < -0.3 is 5.41 Å². The summed E-state index contributed by atoms with van der Waals surface area (Å²) < 4.78 is 1.52. The molecule has 3 nitrogen and oxygen atoms in total. The summed E-state index contributed by atoms with van der Waals surface area (Å²) in [4.78, 5) is 0. The van der Waals surface area contributed by atoms with Gasteiger partial charge in [0.05, 0.1) is 0 Å². The Morgan fingerprint density at radius 2 is 1.87 bits per heavy atom. The van der Waals surface area contributed by atoms with E-state index in [0.717, 1.165) is 0 Å². The van der Waals surface area contributed by atoms with E-state index >= 15 is 0 Å². The molecule has 1 aromatic rings. The quantitative estimate of drug-likeness (QED) is 0.387. The maximum atomic E-state index is 8.68. The molecule has 0 aliphatic rings. The largest absolute Gasteiger partial charge is 0.757 e. The molecular weight excluding hydrogens is 186 g/mol. The van der Waals surface area contributed by atoms with Gasteiger partial charge in [-0.1, -0.05) is 20.8 Å². The topological polar surface area (TPSA) is 50.0 Å². The van der Waals surface area contributed by atoms with Crippen LogP contribution in [-0.2, 0) is 5.41 Å². The van der Waals surface area contributed by atoms with Crippen LogP contribution in [-0.4, -0.2) is 5.87 Å². The van der Waals surface area contributed by atoms with Crippen molar-refractivity contribution in [1.29, 1.82) is 5.26 Å². The van der Waals surface area contributed by atoms with Crippen LogP contribution in [0.4, 0.5) is 0 Å². The average molecular weight is 199 g/mol. The van der Waals surface area contributed by atoms with Crippen LogP contribution in [0.3, 0.4) is 0 Å². The van der Waals surface area contributed by atoms with Gasteiger partial charge in [0, 0.05) is 12.1 Å². The zero-order valence-corrected chi connectivity index (χ0v) is 9.15. The highest BCUT2D eigenvalue weighted by Crippen LogP contribution is 2.20. The fourth-order valence-electron chi connectivity index (χ4n) is 1.22. The first-order valence-corrected chi connectivity index (χ1v) is 4.68. The molecule has 0 fully saturated rings. The smallest absolute Gasteiger partial charge is 0.309 e. The lowest BCUT2D eigenvalue weighted by Gasteiger charge is -2.17. The standard InChI is InChI=1S/C12H13N3/c1-12(2,3)10-4-6-15(7-5-10)11(8-13)9-14/h4-7H,1-3H3. The molecule has 0 bridgehead atoms. The number of aromatic nitrogens is 1. The molecular formula is C12H13N3. The summed E-state index contributed by atoms with van der Waals surface area (Å²) in [5, 5.41) is 17.4. The Morgan fingerprint density at radius 1 is 1.33 bits per heavy atom. The summed E-state index contributed by atoms with van der Waals surface area (Å²) in [5.74, 6) is 1.84. The van der Waals surface area contributed by atoms with Crippen molar-refractivity contribution < 1.29 is 4.57 Å². The van der Waals surface area contributed by atoms with Crippen molar-refractivity contribution in [3.05, 3.63) is 35.5 Å². The second kappa shape index (κ2) is 4.08. The van der Waals surface area contributed by atoms with Crippen LogP contribution < -0.4 is 4.57 Å². The van der Waals surface area contributed by atoms with Crippen LogP contribution in [0, 0.1) is 11.3 Å². The summed E-state index contributed by atoms with van der Waals surface area (Å²) in [5.41, 5.74) is 1.34. The molecule has 0 aliphatic carbocycles. The van der Waals surface area contributed by atoms with Gasteiger partial charge in [0.15, 0.2) is 18.5 Å². The van der Waals surface area contributed by atoms with Crippen LogP contribution in [0.2, 0.25) is 0 Å². The van der Waals surface area contributed by atoms with E-state index in [2.05, 4.69) is 20.8 Å². The Bertz CT molecular complexity index is 437. The number of hydrogen-bond donors (Lipinski definition) is 0. The lowest BCUT2D eigenvalue weighted by Crippen LogP contribution is -2.31. The molecule has 0 amide bonds.